The Bertz CT molecular complexity index is 677. The molecule has 4 nitrogen and oxygen atoms in total. The Morgan fingerprint density at radius 3 is 2.89 bits per heavy atom. The van der Waals surface area contributed by atoms with Crippen molar-refractivity contribution in [2.75, 3.05) is 7.11 Å². The molecule has 0 N–H and O–H groups in total. The SMILES string of the molecule is COc1cc[c]cc1-n1ccc(-c2ccccn2)n1. The molecule has 0 saturated carbocycles. The van der Waals surface area contributed by atoms with Gasteiger partial charge in [-0.2, -0.15) is 5.10 Å². The second-order valence-corrected chi connectivity index (χ2v) is 3.96. The number of nitrogens with zero attached hydrogens (tertiary/aromatic N) is 3. The lowest BCUT2D eigenvalue weighted by Crippen LogP contribution is -1.98. The van der Waals surface area contributed by atoms with E-state index in [1.54, 1.807) is 18.0 Å². The summed E-state index contributed by atoms with van der Waals surface area (Å²) in [5, 5.41) is 4.51. The molecule has 0 saturated heterocycles. The van der Waals surface area contributed by atoms with E-state index in [9.17, 15) is 0 Å². The molecule has 3 aromatic rings. The van der Waals surface area contributed by atoms with Crippen molar-refractivity contribution in [1.82, 2.24) is 14.8 Å². The summed E-state index contributed by atoms with van der Waals surface area (Å²) < 4.78 is 7.08. The average molecular weight is 250 g/mol. The number of benzene rings is 1. The highest BCUT2D eigenvalue weighted by atomic mass is 16.5. The number of ether oxygens (including phenoxy) is 1. The number of pyridine rings is 1. The fourth-order valence-corrected chi connectivity index (χ4v) is 1.87. The van der Waals surface area contributed by atoms with E-state index in [0.29, 0.717) is 0 Å². The van der Waals surface area contributed by atoms with Gasteiger partial charge in [-0.05, 0) is 36.4 Å². The Kier molecular flexibility index (Phi) is 2.98. The van der Waals surface area contributed by atoms with Gasteiger partial charge >= 0.3 is 0 Å². The van der Waals surface area contributed by atoms with Gasteiger partial charge in [-0.3, -0.25) is 4.98 Å². The van der Waals surface area contributed by atoms with Gasteiger partial charge in [0.2, 0.25) is 0 Å². The normalized spacial score (nSPS) is 10.4. The Morgan fingerprint density at radius 1 is 1.16 bits per heavy atom. The molecule has 0 aliphatic rings. The minimum absolute atomic E-state index is 0.759. The van der Waals surface area contributed by atoms with Gasteiger partial charge in [0.15, 0.2) is 0 Å². The van der Waals surface area contributed by atoms with E-state index in [4.69, 9.17) is 4.74 Å². The van der Waals surface area contributed by atoms with E-state index in [2.05, 4.69) is 16.1 Å². The molecule has 1 aromatic carbocycles. The van der Waals surface area contributed by atoms with E-state index in [0.717, 1.165) is 22.8 Å². The highest BCUT2D eigenvalue weighted by Crippen LogP contribution is 2.23. The van der Waals surface area contributed by atoms with E-state index < -0.39 is 0 Å². The first-order valence-electron chi connectivity index (χ1n) is 5.90. The minimum atomic E-state index is 0.759. The molecule has 0 atom stereocenters. The lowest BCUT2D eigenvalue weighted by atomic mass is 10.3. The van der Waals surface area contributed by atoms with E-state index in [1.807, 2.05) is 48.7 Å². The van der Waals surface area contributed by atoms with Gasteiger partial charge in [-0.25, -0.2) is 4.68 Å². The van der Waals surface area contributed by atoms with Crippen molar-refractivity contribution in [2.24, 2.45) is 0 Å². The smallest absolute Gasteiger partial charge is 0.144 e. The third-order valence-corrected chi connectivity index (χ3v) is 2.79. The highest BCUT2D eigenvalue weighted by Gasteiger charge is 2.08. The summed E-state index contributed by atoms with van der Waals surface area (Å²) in [6.07, 6.45) is 3.64. The Labute approximate surface area is 111 Å². The van der Waals surface area contributed by atoms with Crippen molar-refractivity contribution in [1.29, 1.82) is 0 Å². The van der Waals surface area contributed by atoms with E-state index in [1.165, 1.54) is 0 Å². The maximum Gasteiger partial charge on any atom is 0.144 e. The van der Waals surface area contributed by atoms with Gasteiger partial charge in [0.25, 0.3) is 0 Å². The van der Waals surface area contributed by atoms with Crippen molar-refractivity contribution >= 4 is 0 Å². The van der Waals surface area contributed by atoms with Crippen LogP contribution in [0.15, 0.2) is 54.9 Å². The topological polar surface area (TPSA) is 39.9 Å². The van der Waals surface area contributed by atoms with Gasteiger partial charge in [-0.15, -0.1) is 0 Å². The molecule has 3 rings (SSSR count). The van der Waals surface area contributed by atoms with E-state index >= 15 is 0 Å². The third-order valence-electron chi connectivity index (χ3n) is 2.79. The summed E-state index contributed by atoms with van der Waals surface area (Å²) in [6, 6.07) is 16.2. The largest absolute Gasteiger partial charge is 0.494 e. The molecule has 1 radical (unpaired) electrons. The molecule has 0 bridgehead atoms. The van der Waals surface area contributed by atoms with Crippen molar-refractivity contribution in [3.8, 4) is 22.8 Å². The van der Waals surface area contributed by atoms with Crippen molar-refractivity contribution in [3.05, 3.63) is 60.9 Å². The van der Waals surface area contributed by atoms with Crippen molar-refractivity contribution < 1.29 is 4.74 Å². The fraction of sp³-hybridized carbons (Fsp3) is 0.0667. The van der Waals surface area contributed by atoms with Crippen molar-refractivity contribution in [3.63, 3.8) is 0 Å². The summed E-state index contributed by atoms with van der Waals surface area (Å²) in [5.41, 5.74) is 2.53. The van der Waals surface area contributed by atoms with Crippen LogP contribution >= 0.6 is 0 Å². The van der Waals surface area contributed by atoms with Gasteiger partial charge < -0.3 is 4.74 Å². The highest BCUT2D eigenvalue weighted by molar-refractivity contribution is 5.54. The van der Waals surface area contributed by atoms with Crippen LogP contribution in [0, 0.1) is 6.07 Å². The van der Waals surface area contributed by atoms with Gasteiger partial charge in [0, 0.05) is 12.4 Å². The van der Waals surface area contributed by atoms with Gasteiger partial charge in [0.05, 0.1) is 12.8 Å². The molecule has 19 heavy (non-hydrogen) atoms. The van der Waals surface area contributed by atoms with Gasteiger partial charge in [-0.1, -0.05) is 12.1 Å². The number of hydrogen-bond acceptors (Lipinski definition) is 3. The summed E-state index contributed by atoms with van der Waals surface area (Å²) in [5.74, 6) is 0.759. The molecule has 0 spiro atoms. The van der Waals surface area contributed by atoms with Crippen LogP contribution in [-0.2, 0) is 0 Å². The predicted molar refractivity (Wildman–Crippen MR) is 72.2 cm³/mol. The molecule has 93 valence electrons. The van der Waals surface area contributed by atoms with Crippen molar-refractivity contribution in [2.45, 2.75) is 0 Å². The molecule has 2 aromatic heterocycles. The molecule has 0 aliphatic heterocycles. The Balaban J connectivity index is 2.02. The quantitative estimate of drug-likeness (QED) is 0.717. The zero-order valence-corrected chi connectivity index (χ0v) is 10.4. The summed E-state index contributed by atoms with van der Waals surface area (Å²) in [4.78, 5) is 4.28. The molecule has 0 unspecified atom stereocenters. The average Bonchev–Trinajstić information content (AvgIpc) is 2.98. The standard InChI is InChI=1S/C15H12N3O/c1-19-15-8-3-2-7-14(15)18-11-9-13(17-18)12-6-4-5-10-16-12/h3-11H,1H3. The number of aromatic nitrogens is 3. The first-order valence-corrected chi connectivity index (χ1v) is 5.90. The van der Waals surface area contributed by atoms with Gasteiger partial charge in [0.1, 0.15) is 17.1 Å². The lowest BCUT2D eigenvalue weighted by Gasteiger charge is -2.07. The molecule has 0 fully saturated rings. The summed E-state index contributed by atoms with van der Waals surface area (Å²) in [6.45, 7) is 0. The minimum Gasteiger partial charge on any atom is -0.494 e. The first-order chi connectivity index (χ1) is 9.38. The molecule has 2 heterocycles. The third kappa shape index (κ3) is 2.20. The van der Waals surface area contributed by atoms with Crippen LogP contribution < -0.4 is 4.74 Å². The zero-order chi connectivity index (χ0) is 13.1. The second-order valence-electron chi connectivity index (χ2n) is 3.96. The number of methoxy groups -OCH3 is 1. The number of rotatable bonds is 3. The molecular formula is C15H12N3O. The molecule has 0 amide bonds. The van der Waals surface area contributed by atoms with Crippen LogP contribution in [0.25, 0.3) is 17.1 Å². The maximum absolute atomic E-state index is 5.32. The van der Waals surface area contributed by atoms with Crippen LogP contribution in [0.1, 0.15) is 0 Å². The summed E-state index contributed by atoms with van der Waals surface area (Å²) >= 11 is 0. The maximum atomic E-state index is 5.32. The molecular weight excluding hydrogens is 238 g/mol. The Morgan fingerprint density at radius 2 is 2.11 bits per heavy atom. The van der Waals surface area contributed by atoms with Crippen LogP contribution in [0.2, 0.25) is 0 Å². The van der Waals surface area contributed by atoms with Crippen LogP contribution in [0.4, 0.5) is 0 Å². The fourth-order valence-electron chi connectivity index (χ4n) is 1.87. The van der Waals surface area contributed by atoms with Crippen LogP contribution in [0.3, 0.4) is 0 Å². The molecule has 4 heteroatoms. The second kappa shape index (κ2) is 4.94. The van der Waals surface area contributed by atoms with E-state index in [-0.39, 0.29) is 0 Å². The molecule has 0 aliphatic carbocycles. The monoisotopic (exact) mass is 250 g/mol. The zero-order valence-electron chi connectivity index (χ0n) is 10.4. The summed E-state index contributed by atoms with van der Waals surface area (Å²) in [7, 11) is 1.64. The first kappa shape index (κ1) is 11.5. The Hall–Kier alpha value is -2.62. The van der Waals surface area contributed by atoms with Crippen LogP contribution in [0.5, 0.6) is 5.75 Å². The predicted octanol–water partition coefficient (Wildman–Crippen LogP) is 2.74. The lowest BCUT2D eigenvalue weighted by molar-refractivity contribution is 0.411. The number of hydrogen-bond donors (Lipinski definition) is 0. The van der Waals surface area contributed by atoms with Crippen LogP contribution in [-0.4, -0.2) is 21.9 Å².